The first-order valence-electron chi connectivity index (χ1n) is 3.80. The van der Waals surface area contributed by atoms with Crippen molar-refractivity contribution in [3.8, 4) is 5.75 Å². The quantitative estimate of drug-likeness (QED) is 0.568. The highest BCUT2D eigenvalue weighted by molar-refractivity contribution is 14.1. The Balaban J connectivity index is 2.56. The lowest BCUT2D eigenvalue weighted by Gasteiger charge is -2.06. The summed E-state index contributed by atoms with van der Waals surface area (Å²) in [5.41, 5.74) is 0. The van der Waals surface area contributed by atoms with E-state index in [-0.39, 0.29) is 0 Å². The van der Waals surface area contributed by atoms with Crippen molar-refractivity contribution in [1.29, 1.82) is 0 Å². The second-order valence-electron chi connectivity index (χ2n) is 2.45. The Morgan fingerprint density at radius 3 is 2.23 bits per heavy atom. The average molecular weight is 404 g/mol. The fraction of sp³-hybridized carbons (Fsp3) is 0.333. The lowest BCUT2D eigenvalue weighted by atomic mass is 10.3. The maximum atomic E-state index is 5.47. The molecule has 0 saturated heterocycles. The van der Waals surface area contributed by atoms with Gasteiger partial charge in [0.25, 0.3) is 0 Å². The van der Waals surface area contributed by atoms with Gasteiger partial charge in [0.1, 0.15) is 12.4 Å². The van der Waals surface area contributed by atoms with Gasteiger partial charge in [-0.05, 0) is 63.4 Å². The molecule has 0 fully saturated rings. The van der Waals surface area contributed by atoms with Crippen molar-refractivity contribution in [2.24, 2.45) is 0 Å². The number of benzene rings is 1. The molecule has 0 saturated carbocycles. The number of rotatable bonds is 4. The number of ether oxygens (including phenoxy) is 2. The largest absolute Gasteiger partial charge is 0.491 e. The predicted molar refractivity (Wildman–Crippen MR) is 69.2 cm³/mol. The van der Waals surface area contributed by atoms with Gasteiger partial charge in [0, 0.05) is 14.3 Å². The smallest absolute Gasteiger partial charge is 0.121 e. The molecule has 13 heavy (non-hydrogen) atoms. The molecule has 4 heteroatoms. The lowest BCUT2D eigenvalue weighted by Crippen LogP contribution is -2.04. The van der Waals surface area contributed by atoms with E-state index in [2.05, 4.69) is 51.2 Å². The van der Waals surface area contributed by atoms with Gasteiger partial charge in [-0.3, -0.25) is 0 Å². The summed E-state index contributed by atoms with van der Waals surface area (Å²) in [5.74, 6) is 0.911. The highest BCUT2D eigenvalue weighted by atomic mass is 127. The van der Waals surface area contributed by atoms with Gasteiger partial charge < -0.3 is 9.47 Å². The van der Waals surface area contributed by atoms with Crippen LogP contribution in [0.3, 0.4) is 0 Å². The Kier molecular flexibility index (Phi) is 5.34. The van der Waals surface area contributed by atoms with E-state index in [9.17, 15) is 0 Å². The van der Waals surface area contributed by atoms with Crippen molar-refractivity contribution in [1.82, 2.24) is 0 Å². The fourth-order valence-corrected chi connectivity index (χ4v) is 2.74. The molecule has 0 aliphatic carbocycles. The van der Waals surface area contributed by atoms with Crippen LogP contribution >= 0.6 is 45.2 Å². The minimum atomic E-state index is 0.604. The van der Waals surface area contributed by atoms with Crippen LogP contribution in [0.25, 0.3) is 0 Å². The van der Waals surface area contributed by atoms with E-state index in [0.29, 0.717) is 13.2 Å². The zero-order chi connectivity index (χ0) is 9.68. The SMILES string of the molecule is COCCOc1cc(I)cc(I)c1. The van der Waals surface area contributed by atoms with Crippen molar-refractivity contribution < 1.29 is 9.47 Å². The van der Waals surface area contributed by atoms with E-state index in [1.54, 1.807) is 7.11 Å². The first-order chi connectivity index (χ1) is 6.22. The number of hydrogen-bond donors (Lipinski definition) is 0. The first kappa shape index (κ1) is 11.5. The molecule has 0 heterocycles. The summed E-state index contributed by atoms with van der Waals surface area (Å²) >= 11 is 4.55. The average Bonchev–Trinajstić information content (AvgIpc) is 2.03. The van der Waals surface area contributed by atoms with Crippen molar-refractivity contribution in [3.63, 3.8) is 0 Å². The monoisotopic (exact) mass is 404 g/mol. The second-order valence-corrected chi connectivity index (χ2v) is 4.94. The standard InChI is InChI=1S/C9H10I2O2/c1-12-2-3-13-9-5-7(10)4-8(11)6-9/h4-6H,2-3H2,1H3. The van der Waals surface area contributed by atoms with Gasteiger partial charge in [0.15, 0.2) is 0 Å². The Bertz CT molecular complexity index is 256. The summed E-state index contributed by atoms with van der Waals surface area (Å²) < 4.78 is 12.8. The van der Waals surface area contributed by atoms with Crippen LogP contribution in [0, 0.1) is 7.14 Å². The topological polar surface area (TPSA) is 18.5 Å². The van der Waals surface area contributed by atoms with Crippen LogP contribution in [-0.4, -0.2) is 20.3 Å². The zero-order valence-electron chi connectivity index (χ0n) is 7.22. The summed E-state index contributed by atoms with van der Waals surface area (Å²) in [6.45, 7) is 1.23. The minimum Gasteiger partial charge on any atom is -0.491 e. The molecule has 0 N–H and O–H groups in total. The van der Waals surface area contributed by atoms with Crippen molar-refractivity contribution in [2.45, 2.75) is 0 Å². The third-order valence-electron chi connectivity index (χ3n) is 1.39. The van der Waals surface area contributed by atoms with Crippen LogP contribution in [-0.2, 0) is 4.74 Å². The van der Waals surface area contributed by atoms with E-state index in [1.807, 2.05) is 12.1 Å². The third-order valence-corrected chi connectivity index (χ3v) is 2.64. The molecule has 1 aromatic rings. The summed E-state index contributed by atoms with van der Waals surface area (Å²) in [6, 6.07) is 6.13. The van der Waals surface area contributed by atoms with E-state index in [0.717, 1.165) is 5.75 Å². The van der Waals surface area contributed by atoms with Crippen molar-refractivity contribution in [3.05, 3.63) is 25.3 Å². The van der Waals surface area contributed by atoms with E-state index >= 15 is 0 Å². The molecule has 0 radical (unpaired) electrons. The predicted octanol–water partition coefficient (Wildman–Crippen LogP) is 2.92. The van der Waals surface area contributed by atoms with Gasteiger partial charge >= 0.3 is 0 Å². The van der Waals surface area contributed by atoms with Crippen molar-refractivity contribution >= 4 is 45.2 Å². The molecule has 0 spiro atoms. The van der Waals surface area contributed by atoms with Gasteiger partial charge in [-0.2, -0.15) is 0 Å². The normalized spacial score (nSPS) is 10.1. The van der Waals surface area contributed by atoms with E-state index < -0.39 is 0 Å². The van der Waals surface area contributed by atoms with E-state index in [1.165, 1.54) is 7.14 Å². The Morgan fingerprint density at radius 1 is 1.08 bits per heavy atom. The molecule has 2 nitrogen and oxygen atoms in total. The highest BCUT2D eigenvalue weighted by Gasteiger charge is 1.97. The van der Waals surface area contributed by atoms with Gasteiger partial charge in [0.2, 0.25) is 0 Å². The highest BCUT2D eigenvalue weighted by Crippen LogP contribution is 2.19. The summed E-state index contributed by atoms with van der Waals surface area (Å²) in [6.07, 6.45) is 0. The molecule has 0 aliphatic rings. The number of hydrogen-bond acceptors (Lipinski definition) is 2. The van der Waals surface area contributed by atoms with Gasteiger partial charge in [-0.1, -0.05) is 0 Å². The summed E-state index contributed by atoms with van der Waals surface area (Å²) in [7, 11) is 1.67. The van der Waals surface area contributed by atoms with Crippen LogP contribution in [0.4, 0.5) is 0 Å². The van der Waals surface area contributed by atoms with Gasteiger partial charge in [0.05, 0.1) is 6.61 Å². The maximum absolute atomic E-state index is 5.47. The summed E-state index contributed by atoms with van der Waals surface area (Å²) in [5, 5.41) is 0. The van der Waals surface area contributed by atoms with Crippen LogP contribution in [0.1, 0.15) is 0 Å². The zero-order valence-corrected chi connectivity index (χ0v) is 11.5. The van der Waals surface area contributed by atoms with Crippen LogP contribution < -0.4 is 4.74 Å². The lowest BCUT2D eigenvalue weighted by molar-refractivity contribution is 0.146. The van der Waals surface area contributed by atoms with Crippen LogP contribution in [0.15, 0.2) is 18.2 Å². The molecule has 0 amide bonds. The molecule has 0 bridgehead atoms. The summed E-state index contributed by atoms with van der Waals surface area (Å²) in [4.78, 5) is 0. The Morgan fingerprint density at radius 2 is 1.69 bits per heavy atom. The molecule has 0 atom stereocenters. The van der Waals surface area contributed by atoms with E-state index in [4.69, 9.17) is 9.47 Å². The molecule has 1 rings (SSSR count). The first-order valence-corrected chi connectivity index (χ1v) is 5.96. The molecule has 1 aromatic carbocycles. The van der Waals surface area contributed by atoms with Gasteiger partial charge in [-0.25, -0.2) is 0 Å². The minimum absolute atomic E-state index is 0.604. The molecule has 0 unspecified atom stereocenters. The maximum Gasteiger partial charge on any atom is 0.121 e. The van der Waals surface area contributed by atoms with Crippen LogP contribution in [0.5, 0.6) is 5.75 Å². The second kappa shape index (κ2) is 6.02. The molecule has 0 aliphatic heterocycles. The molecule has 72 valence electrons. The third kappa shape index (κ3) is 4.46. The molecule has 0 aromatic heterocycles. The van der Waals surface area contributed by atoms with Crippen molar-refractivity contribution in [2.75, 3.05) is 20.3 Å². The van der Waals surface area contributed by atoms with Crippen LogP contribution in [0.2, 0.25) is 0 Å². The van der Waals surface area contributed by atoms with Gasteiger partial charge in [-0.15, -0.1) is 0 Å². The fourth-order valence-electron chi connectivity index (χ4n) is 0.855. The Hall–Kier alpha value is 0.440. The number of methoxy groups -OCH3 is 1. The molecular weight excluding hydrogens is 394 g/mol. The molecular formula is C9H10I2O2. The Labute approximate surface area is 105 Å². The number of halogens is 2.